The second kappa shape index (κ2) is 4.87. The van der Waals surface area contributed by atoms with Gasteiger partial charge in [0.1, 0.15) is 0 Å². The van der Waals surface area contributed by atoms with Crippen LogP contribution >= 0.6 is 22.2 Å². The first kappa shape index (κ1) is 15.3. The summed E-state index contributed by atoms with van der Waals surface area (Å²) in [6, 6.07) is 0.380. The number of carbonyl (C=O) groups is 1. The molecule has 0 aromatic heterocycles. The van der Waals surface area contributed by atoms with E-state index in [1.165, 1.54) is 12.8 Å². The van der Waals surface area contributed by atoms with E-state index < -0.39 is 12.4 Å². The first-order chi connectivity index (χ1) is 10.4. The van der Waals surface area contributed by atoms with Crippen LogP contribution in [0.5, 0.6) is 0 Å². The summed E-state index contributed by atoms with van der Waals surface area (Å²) >= 11 is 12.5. The lowest BCUT2D eigenvalue weighted by Crippen LogP contribution is -2.45. The zero-order valence-corrected chi connectivity index (χ0v) is 15.3. The third kappa shape index (κ3) is 2.01. The molecule has 0 radical (unpaired) electrons. The van der Waals surface area contributed by atoms with Gasteiger partial charge in [-0.05, 0) is 61.7 Å². The maximum atomic E-state index is 12.8. The summed E-state index contributed by atoms with van der Waals surface area (Å²) in [7, 11) is 0. The molecule has 5 heteroatoms. The minimum Gasteiger partial charge on any atom is -0.491 e. The lowest BCUT2D eigenvalue weighted by Gasteiger charge is -2.42. The molecule has 0 saturated heterocycles. The summed E-state index contributed by atoms with van der Waals surface area (Å²) in [5, 5.41) is 0. The van der Waals surface area contributed by atoms with E-state index in [0.29, 0.717) is 29.7 Å². The van der Waals surface area contributed by atoms with Gasteiger partial charge in [-0.15, -0.1) is 6.58 Å². The van der Waals surface area contributed by atoms with Crippen LogP contribution in [0.25, 0.3) is 0 Å². The number of carbonyl (C=O) groups excluding carboxylic acids is 1. The smallest absolute Gasteiger partial charge is 0.455 e. The molecule has 0 aromatic rings. The fourth-order valence-corrected chi connectivity index (χ4v) is 8.07. The number of fused-ring (bicyclic) bond motifs is 9. The Morgan fingerprint density at radius 1 is 1.36 bits per heavy atom. The van der Waals surface area contributed by atoms with Gasteiger partial charge in [0.25, 0.3) is 5.97 Å². The van der Waals surface area contributed by atoms with Gasteiger partial charge in [-0.25, -0.2) is 0 Å². The molecule has 22 heavy (non-hydrogen) atoms. The van der Waals surface area contributed by atoms with Crippen molar-refractivity contribution in [2.75, 3.05) is 0 Å². The average Bonchev–Trinajstić information content (AvgIpc) is 3.15. The Kier molecular flexibility index (Phi) is 3.39. The van der Waals surface area contributed by atoms with Crippen LogP contribution in [-0.2, 0) is 9.22 Å². The Morgan fingerprint density at radius 2 is 2.05 bits per heavy atom. The highest BCUT2D eigenvalue weighted by Crippen LogP contribution is 2.70. The van der Waals surface area contributed by atoms with Gasteiger partial charge in [-0.3, -0.25) is 4.79 Å². The van der Waals surface area contributed by atoms with E-state index in [4.69, 9.17) is 26.6 Å². The van der Waals surface area contributed by atoms with Crippen molar-refractivity contribution in [2.24, 2.45) is 40.9 Å². The lowest BCUT2D eigenvalue weighted by molar-refractivity contribution is -0.151. The highest BCUT2D eigenvalue weighted by molar-refractivity contribution is 7.42. The van der Waals surface area contributed by atoms with Crippen LogP contribution in [0, 0.1) is 40.9 Å². The monoisotopic (exact) mass is 356 g/mol. The standard InChI is InChI=1S/C17H22Cl2O2Si/c1-3-6-22(18,19)21-16(20)17(2)9-12-8-13(17)15-11-5-4-10(7-11)14(12)15/h3-5,10-15H,1,6-9H2,2H3. The van der Waals surface area contributed by atoms with Crippen LogP contribution < -0.4 is 0 Å². The van der Waals surface area contributed by atoms with E-state index in [1.54, 1.807) is 6.08 Å². The highest BCUT2D eigenvalue weighted by Gasteiger charge is 2.67. The van der Waals surface area contributed by atoms with E-state index in [-0.39, 0.29) is 5.97 Å². The summed E-state index contributed by atoms with van der Waals surface area (Å²) in [6.07, 6.45) is 9.87. The Morgan fingerprint density at radius 3 is 2.73 bits per heavy atom. The van der Waals surface area contributed by atoms with Crippen molar-refractivity contribution in [2.45, 2.75) is 32.2 Å². The molecule has 4 aliphatic rings. The molecule has 120 valence electrons. The van der Waals surface area contributed by atoms with E-state index in [0.717, 1.165) is 18.3 Å². The quantitative estimate of drug-likeness (QED) is 0.318. The number of rotatable bonds is 4. The number of halogens is 2. The minimum absolute atomic E-state index is 0.163. The SMILES string of the molecule is C=CC[Si](Cl)(Cl)OC(=O)C1(C)CC2CC1C1C3C=CC(C3)C21. The van der Waals surface area contributed by atoms with Gasteiger partial charge in [0.15, 0.2) is 0 Å². The number of allylic oxidation sites excluding steroid dienone is 3. The predicted molar refractivity (Wildman–Crippen MR) is 90.6 cm³/mol. The zero-order chi connectivity index (χ0) is 15.7. The van der Waals surface area contributed by atoms with Gasteiger partial charge in [-0.2, -0.15) is 0 Å². The maximum absolute atomic E-state index is 12.8. The maximum Gasteiger partial charge on any atom is 0.455 e. The molecule has 0 aliphatic heterocycles. The van der Waals surface area contributed by atoms with Crippen LogP contribution in [0.3, 0.4) is 0 Å². The summed E-state index contributed by atoms with van der Waals surface area (Å²) in [6.45, 7) is 2.73. The molecule has 0 spiro atoms. The lowest BCUT2D eigenvalue weighted by atomic mass is 9.63. The van der Waals surface area contributed by atoms with Crippen molar-refractivity contribution in [3.63, 3.8) is 0 Å². The molecule has 4 aliphatic carbocycles. The number of hydrogen-bond acceptors (Lipinski definition) is 2. The second-order valence-electron chi connectivity index (χ2n) is 7.85. The van der Waals surface area contributed by atoms with Gasteiger partial charge >= 0.3 is 6.94 Å². The molecule has 4 rings (SSSR count). The van der Waals surface area contributed by atoms with Crippen LogP contribution in [0.2, 0.25) is 6.04 Å². The molecule has 4 bridgehead atoms. The molecule has 3 fully saturated rings. The van der Waals surface area contributed by atoms with Gasteiger partial charge in [0.05, 0.1) is 5.41 Å². The third-order valence-electron chi connectivity index (χ3n) is 6.74. The van der Waals surface area contributed by atoms with Crippen LogP contribution in [0.4, 0.5) is 0 Å². The predicted octanol–water partition coefficient (Wildman–Crippen LogP) is 4.62. The molecule has 3 saturated carbocycles. The second-order valence-corrected chi connectivity index (χ2v) is 14.0. The van der Waals surface area contributed by atoms with Crippen LogP contribution in [-0.4, -0.2) is 12.9 Å². The van der Waals surface area contributed by atoms with E-state index in [9.17, 15) is 4.79 Å². The highest BCUT2D eigenvalue weighted by atomic mass is 35.7. The first-order valence-electron chi connectivity index (χ1n) is 8.26. The Labute approximate surface area is 142 Å². The van der Waals surface area contributed by atoms with Crippen molar-refractivity contribution >= 4 is 35.1 Å². The molecule has 0 aromatic carbocycles. The normalized spacial score (nSPS) is 47.8. The van der Waals surface area contributed by atoms with Gasteiger partial charge in [-0.1, -0.05) is 40.4 Å². The third-order valence-corrected chi connectivity index (χ3v) is 9.38. The molecular weight excluding hydrogens is 335 g/mol. The summed E-state index contributed by atoms with van der Waals surface area (Å²) in [5.74, 6) is 3.88. The molecular formula is C17H22Cl2O2Si. The fourth-order valence-electron chi connectivity index (χ4n) is 6.07. The minimum atomic E-state index is -3.00. The molecule has 2 nitrogen and oxygen atoms in total. The molecule has 7 atom stereocenters. The summed E-state index contributed by atoms with van der Waals surface area (Å²) < 4.78 is 5.59. The topological polar surface area (TPSA) is 26.3 Å². The van der Waals surface area contributed by atoms with Crippen molar-refractivity contribution in [1.29, 1.82) is 0 Å². The van der Waals surface area contributed by atoms with Crippen molar-refractivity contribution < 1.29 is 9.22 Å². The van der Waals surface area contributed by atoms with E-state index >= 15 is 0 Å². The summed E-state index contributed by atoms with van der Waals surface area (Å²) in [5.41, 5.74) is -0.395. The van der Waals surface area contributed by atoms with Gasteiger partial charge in [0.2, 0.25) is 0 Å². The molecule has 0 heterocycles. The molecule has 7 unspecified atom stereocenters. The first-order valence-corrected chi connectivity index (χ1v) is 12.4. The zero-order valence-electron chi connectivity index (χ0n) is 12.8. The number of hydrogen-bond donors (Lipinski definition) is 0. The van der Waals surface area contributed by atoms with E-state index in [1.807, 2.05) is 0 Å². The van der Waals surface area contributed by atoms with Crippen LogP contribution in [0.1, 0.15) is 26.2 Å². The van der Waals surface area contributed by atoms with Crippen molar-refractivity contribution in [3.05, 3.63) is 24.8 Å². The van der Waals surface area contributed by atoms with Crippen molar-refractivity contribution in [3.8, 4) is 0 Å². The Bertz CT molecular complexity index is 561. The van der Waals surface area contributed by atoms with Crippen molar-refractivity contribution in [1.82, 2.24) is 0 Å². The van der Waals surface area contributed by atoms with Gasteiger partial charge in [0, 0.05) is 6.04 Å². The fraction of sp³-hybridized carbons (Fsp3) is 0.706. The van der Waals surface area contributed by atoms with E-state index in [2.05, 4.69) is 25.7 Å². The van der Waals surface area contributed by atoms with Gasteiger partial charge < -0.3 is 4.43 Å². The largest absolute Gasteiger partial charge is 0.491 e. The Hall–Kier alpha value is -0.253. The van der Waals surface area contributed by atoms with Crippen LogP contribution in [0.15, 0.2) is 24.8 Å². The molecule has 0 amide bonds. The summed E-state index contributed by atoms with van der Waals surface area (Å²) in [4.78, 5) is 12.8. The average molecular weight is 357 g/mol. The Balaban J connectivity index is 1.55. The molecule has 0 N–H and O–H groups in total.